The minimum atomic E-state index is -0.354. The monoisotopic (exact) mass is 386 g/mol. The van der Waals surface area contributed by atoms with Crippen LogP contribution in [0.2, 0.25) is 0 Å². The lowest BCUT2D eigenvalue weighted by atomic mass is 9.71. The van der Waals surface area contributed by atoms with Gasteiger partial charge in [0.05, 0.1) is 5.92 Å². The molecule has 2 aliphatic heterocycles. The van der Waals surface area contributed by atoms with Crippen LogP contribution >= 0.6 is 0 Å². The van der Waals surface area contributed by atoms with Crippen LogP contribution < -0.4 is 5.32 Å². The molecule has 148 valence electrons. The molecule has 2 aliphatic rings. The van der Waals surface area contributed by atoms with E-state index in [2.05, 4.69) is 10.4 Å². The van der Waals surface area contributed by atoms with Crippen molar-refractivity contribution in [3.8, 4) is 0 Å². The van der Waals surface area contributed by atoms with Gasteiger partial charge in [0.1, 0.15) is 11.5 Å². The molecule has 0 aliphatic carbocycles. The minimum absolute atomic E-state index is 0.122. The zero-order valence-electron chi connectivity index (χ0n) is 15.7. The van der Waals surface area contributed by atoms with E-state index in [0.29, 0.717) is 37.7 Å². The molecule has 8 heteroatoms. The number of anilines is 1. The molecule has 2 amide bonds. The minimum Gasteiger partial charge on any atom is -0.381 e. The standard InChI is InChI=1S/C20H23FN4O3/c1-24-17(6-9-22-24)19(27)25-12-16(20(13-25)7-10-28-11-8-20)18(26)23-15-4-2-14(21)3-5-15/h2-6,9,16H,7-8,10-13H2,1H3,(H,23,26). The molecule has 3 heterocycles. The van der Waals surface area contributed by atoms with Crippen LogP contribution in [0, 0.1) is 17.2 Å². The van der Waals surface area contributed by atoms with Crippen molar-refractivity contribution in [3.63, 3.8) is 0 Å². The predicted molar refractivity (Wildman–Crippen MR) is 100 cm³/mol. The molecule has 7 nitrogen and oxygen atoms in total. The fourth-order valence-electron chi connectivity index (χ4n) is 4.28. The number of aromatic nitrogens is 2. The van der Waals surface area contributed by atoms with E-state index in [1.165, 1.54) is 24.3 Å². The molecule has 1 atom stereocenters. The van der Waals surface area contributed by atoms with E-state index in [1.54, 1.807) is 28.9 Å². The van der Waals surface area contributed by atoms with Crippen molar-refractivity contribution in [3.05, 3.63) is 48.0 Å². The van der Waals surface area contributed by atoms with Gasteiger partial charge >= 0.3 is 0 Å². The normalized spacial score (nSPS) is 21.1. The Balaban J connectivity index is 1.56. The van der Waals surface area contributed by atoms with Gasteiger partial charge in [0.2, 0.25) is 5.91 Å². The average molecular weight is 386 g/mol. The Kier molecular flexibility index (Phi) is 4.89. The first-order valence-electron chi connectivity index (χ1n) is 9.40. The lowest BCUT2D eigenvalue weighted by Crippen LogP contribution is -2.42. The first-order valence-corrected chi connectivity index (χ1v) is 9.40. The quantitative estimate of drug-likeness (QED) is 0.876. The number of halogens is 1. The first-order chi connectivity index (χ1) is 13.5. The third-order valence-electron chi connectivity index (χ3n) is 5.89. The largest absolute Gasteiger partial charge is 0.381 e. The summed E-state index contributed by atoms with van der Waals surface area (Å²) in [6.07, 6.45) is 3.04. The summed E-state index contributed by atoms with van der Waals surface area (Å²) in [5.74, 6) is -0.969. The van der Waals surface area contributed by atoms with E-state index in [9.17, 15) is 14.0 Å². The molecule has 2 saturated heterocycles. The highest BCUT2D eigenvalue weighted by Gasteiger charge is 2.52. The summed E-state index contributed by atoms with van der Waals surface area (Å²) in [4.78, 5) is 27.8. The maximum Gasteiger partial charge on any atom is 0.272 e. The number of carbonyl (C=O) groups is 2. The van der Waals surface area contributed by atoms with Crippen LogP contribution in [-0.4, -0.2) is 52.8 Å². The number of hydrogen-bond acceptors (Lipinski definition) is 4. The number of nitrogens with zero attached hydrogens (tertiary/aromatic N) is 3. The lowest BCUT2D eigenvalue weighted by molar-refractivity contribution is -0.124. The molecular weight excluding hydrogens is 363 g/mol. The number of nitrogens with one attached hydrogen (secondary N) is 1. The summed E-state index contributed by atoms with van der Waals surface area (Å²) in [6.45, 7) is 2.01. The molecule has 1 spiro atoms. The molecule has 1 aromatic heterocycles. The van der Waals surface area contributed by atoms with E-state index in [0.717, 1.165) is 12.8 Å². The van der Waals surface area contributed by atoms with E-state index in [-0.39, 0.29) is 29.0 Å². The van der Waals surface area contributed by atoms with Crippen molar-refractivity contribution in [2.24, 2.45) is 18.4 Å². The number of likely N-dealkylation sites (tertiary alicyclic amines) is 1. The highest BCUT2D eigenvalue weighted by Crippen LogP contribution is 2.45. The van der Waals surface area contributed by atoms with Gasteiger partial charge in [0, 0.05) is 50.7 Å². The van der Waals surface area contributed by atoms with Gasteiger partial charge in [-0.3, -0.25) is 14.3 Å². The van der Waals surface area contributed by atoms with Gasteiger partial charge in [-0.25, -0.2) is 4.39 Å². The van der Waals surface area contributed by atoms with Crippen molar-refractivity contribution < 1.29 is 18.7 Å². The highest BCUT2D eigenvalue weighted by molar-refractivity contribution is 5.96. The van der Waals surface area contributed by atoms with Crippen molar-refractivity contribution in [1.29, 1.82) is 0 Å². The molecule has 0 bridgehead atoms. The summed E-state index contributed by atoms with van der Waals surface area (Å²) in [7, 11) is 1.73. The summed E-state index contributed by atoms with van der Waals surface area (Å²) in [5.41, 5.74) is 0.739. The van der Waals surface area contributed by atoms with Gasteiger partial charge in [-0.15, -0.1) is 0 Å². The fourth-order valence-corrected chi connectivity index (χ4v) is 4.28. The summed E-state index contributed by atoms with van der Waals surface area (Å²) in [6, 6.07) is 7.39. The second-order valence-electron chi connectivity index (χ2n) is 7.55. The number of benzene rings is 1. The van der Waals surface area contributed by atoms with E-state index in [4.69, 9.17) is 4.74 Å². The van der Waals surface area contributed by atoms with E-state index < -0.39 is 0 Å². The van der Waals surface area contributed by atoms with Crippen LogP contribution in [0.4, 0.5) is 10.1 Å². The number of amides is 2. The average Bonchev–Trinajstić information content (AvgIpc) is 3.28. The molecule has 1 aromatic carbocycles. The predicted octanol–water partition coefficient (Wildman–Crippen LogP) is 2.07. The van der Waals surface area contributed by atoms with Crippen LogP contribution in [-0.2, 0) is 16.6 Å². The molecule has 4 rings (SSSR count). The lowest BCUT2D eigenvalue weighted by Gasteiger charge is -2.37. The number of ether oxygens (including phenoxy) is 1. The number of hydrogen-bond donors (Lipinski definition) is 1. The third kappa shape index (κ3) is 3.40. The first kappa shape index (κ1) is 18.6. The van der Waals surface area contributed by atoms with E-state index >= 15 is 0 Å². The van der Waals surface area contributed by atoms with Gasteiger partial charge in [0.25, 0.3) is 5.91 Å². The summed E-state index contributed by atoms with van der Waals surface area (Å²) >= 11 is 0. The van der Waals surface area contributed by atoms with Crippen molar-refractivity contribution in [1.82, 2.24) is 14.7 Å². The maximum atomic E-state index is 13.1. The molecule has 2 fully saturated rings. The fraction of sp³-hybridized carbons (Fsp3) is 0.450. The molecule has 0 radical (unpaired) electrons. The Hall–Kier alpha value is -2.74. The second-order valence-corrected chi connectivity index (χ2v) is 7.55. The topological polar surface area (TPSA) is 76.5 Å². The Morgan fingerprint density at radius 3 is 2.57 bits per heavy atom. The molecular formula is C20H23FN4O3. The van der Waals surface area contributed by atoms with Gasteiger partial charge in [0.15, 0.2) is 0 Å². The maximum absolute atomic E-state index is 13.1. The molecule has 0 saturated carbocycles. The molecule has 28 heavy (non-hydrogen) atoms. The Morgan fingerprint density at radius 1 is 1.21 bits per heavy atom. The molecule has 1 N–H and O–H groups in total. The summed E-state index contributed by atoms with van der Waals surface area (Å²) < 4.78 is 20.2. The zero-order valence-corrected chi connectivity index (χ0v) is 15.7. The number of rotatable bonds is 3. The van der Waals surface area contributed by atoms with Gasteiger partial charge in [-0.2, -0.15) is 5.10 Å². The van der Waals surface area contributed by atoms with Crippen LogP contribution in [0.1, 0.15) is 23.3 Å². The summed E-state index contributed by atoms with van der Waals surface area (Å²) in [5, 5.41) is 6.96. The molecule has 1 unspecified atom stereocenters. The SMILES string of the molecule is Cn1nccc1C(=O)N1CC(C(=O)Nc2ccc(F)cc2)C2(CCOCC2)C1. The highest BCUT2D eigenvalue weighted by atomic mass is 19.1. The van der Waals surface area contributed by atoms with Gasteiger partial charge in [-0.05, 0) is 43.2 Å². The third-order valence-corrected chi connectivity index (χ3v) is 5.89. The molecule has 2 aromatic rings. The Labute approximate surface area is 162 Å². The van der Waals surface area contributed by atoms with Gasteiger partial charge < -0.3 is 15.0 Å². The van der Waals surface area contributed by atoms with Crippen LogP contribution in [0.25, 0.3) is 0 Å². The van der Waals surface area contributed by atoms with Crippen LogP contribution in [0.3, 0.4) is 0 Å². The zero-order chi connectivity index (χ0) is 19.7. The number of carbonyl (C=O) groups excluding carboxylic acids is 2. The van der Waals surface area contributed by atoms with Crippen molar-refractivity contribution in [2.45, 2.75) is 12.8 Å². The van der Waals surface area contributed by atoms with Crippen LogP contribution in [0.5, 0.6) is 0 Å². The number of aryl methyl sites for hydroxylation is 1. The van der Waals surface area contributed by atoms with Crippen molar-refractivity contribution in [2.75, 3.05) is 31.6 Å². The van der Waals surface area contributed by atoms with Crippen molar-refractivity contribution >= 4 is 17.5 Å². The van der Waals surface area contributed by atoms with Crippen LogP contribution in [0.15, 0.2) is 36.5 Å². The Bertz CT molecular complexity index is 874. The smallest absolute Gasteiger partial charge is 0.272 e. The second kappa shape index (κ2) is 7.35. The van der Waals surface area contributed by atoms with E-state index in [1.807, 2.05) is 0 Å². The Morgan fingerprint density at radius 2 is 1.93 bits per heavy atom. The van der Waals surface area contributed by atoms with Gasteiger partial charge in [-0.1, -0.05) is 0 Å².